The lowest BCUT2D eigenvalue weighted by atomic mass is 10.1. The van der Waals surface area contributed by atoms with Crippen LogP contribution in [0, 0.1) is 0 Å². The molecule has 0 saturated carbocycles. The van der Waals surface area contributed by atoms with Crippen molar-refractivity contribution < 1.29 is 4.79 Å². The number of amides is 1. The Morgan fingerprint density at radius 1 is 1.45 bits per heavy atom. The van der Waals surface area contributed by atoms with E-state index in [-0.39, 0.29) is 11.9 Å². The van der Waals surface area contributed by atoms with E-state index in [1.807, 2.05) is 4.90 Å². The van der Waals surface area contributed by atoms with Gasteiger partial charge in [-0.3, -0.25) is 4.79 Å². The Morgan fingerprint density at radius 2 is 2.20 bits per heavy atom. The van der Waals surface area contributed by atoms with E-state index in [9.17, 15) is 4.79 Å². The summed E-state index contributed by atoms with van der Waals surface area (Å²) in [4.78, 5) is 17.0. The smallest absolute Gasteiger partial charge is 0.256 e. The number of likely N-dealkylation sites (N-methyl/N-ethyl adjacent to an activating group) is 1. The summed E-state index contributed by atoms with van der Waals surface area (Å²) in [5, 5.41) is 0.441. The first-order valence-electron chi connectivity index (χ1n) is 7.08. The Kier molecular flexibility index (Phi) is 4.89. The summed E-state index contributed by atoms with van der Waals surface area (Å²) in [7, 11) is 2.10. The van der Waals surface area contributed by atoms with Crippen LogP contribution in [0.25, 0.3) is 0 Å². The van der Waals surface area contributed by atoms with Crippen LogP contribution >= 0.6 is 11.6 Å². The predicted molar refractivity (Wildman–Crippen MR) is 83.1 cm³/mol. The number of anilines is 1. The lowest BCUT2D eigenvalue weighted by molar-refractivity contribution is 0.0677. The van der Waals surface area contributed by atoms with E-state index in [2.05, 4.69) is 18.9 Å². The lowest BCUT2D eigenvalue weighted by Gasteiger charge is -2.30. The van der Waals surface area contributed by atoms with Crippen LogP contribution in [-0.2, 0) is 0 Å². The van der Waals surface area contributed by atoms with Crippen LogP contribution in [0.2, 0.25) is 5.02 Å². The Labute approximate surface area is 125 Å². The Morgan fingerprint density at radius 3 is 2.90 bits per heavy atom. The van der Waals surface area contributed by atoms with E-state index in [0.29, 0.717) is 16.3 Å². The molecule has 1 amide bonds. The molecule has 1 aromatic rings. The zero-order valence-corrected chi connectivity index (χ0v) is 12.9. The van der Waals surface area contributed by atoms with Gasteiger partial charge in [0.15, 0.2) is 0 Å². The zero-order chi connectivity index (χ0) is 14.7. The van der Waals surface area contributed by atoms with Crippen molar-refractivity contribution in [3.8, 4) is 0 Å². The average Bonchev–Trinajstić information content (AvgIpc) is 2.62. The summed E-state index contributed by atoms with van der Waals surface area (Å²) in [5.41, 5.74) is 6.85. The topological polar surface area (TPSA) is 49.6 Å². The van der Waals surface area contributed by atoms with Crippen LogP contribution in [0.15, 0.2) is 18.2 Å². The largest absolute Gasteiger partial charge is 0.397 e. The highest BCUT2D eigenvalue weighted by atomic mass is 35.5. The van der Waals surface area contributed by atoms with Crippen LogP contribution in [0.1, 0.15) is 30.1 Å². The summed E-state index contributed by atoms with van der Waals surface area (Å²) in [6.45, 7) is 4.81. The number of hydrogen-bond donors (Lipinski definition) is 1. The minimum atomic E-state index is -0.00727. The molecule has 1 unspecified atom stereocenters. The lowest BCUT2D eigenvalue weighted by Crippen LogP contribution is -2.43. The van der Waals surface area contributed by atoms with Crippen molar-refractivity contribution in [2.45, 2.75) is 25.8 Å². The maximum Gasteiger partial charge on any atom is 0.256 e. The Bertz CT molecular complexity index is 492. The van der Waals surface area contributed by atoms with Crippen LogP contribution in [-0.4, -0.2) is 48.4 Å². The standard InChI is InChI=1S/C15H22ClN3O/c1-3-11-10-18(2)8-5-9-19(11)15(20)12-6-4-7-13(16)14(12)17/h4,6-7,11H,3,5,8-10,17H2,1-2H3. The van der Waals surface area contributed by atoms with Crippen LogP contribution < -0.4 is 5.73 Å². The fraction of sp³-hybridized carbons (Fsp3) is 0.533. The van der Waals surface area contributed by atoms with Crippen molar-refractivity contribution in [1.29, 1.82) is 0 Å². The van der Waals surface area contributed by atoms with Gasteiger partial charge in [0.25, 0.3) is 5.91 Å². The van der Waals surface area contributed by atoms with Gasteiger partial charge >= 0.3 is 0 Å². The summed E-state index contributed by atoms with van der Waals surface area (Å²) in [6, 6.07) is 5.47. The molecule has 1 fully saturated rings. The van der Waals surface area contributed by atoms with Crippen molar-refractivity contribution in [3.05, 3.63) is 28.8 Å². The van der Waals surface area contributed by atoms with Gasteiger partial charge in [-0.05, 0) is 38.6 Å². The molecule has 4 nitrogen and oxygen atoms in total. The first-order valence-corrected chi connectivity index (χ1v) is 7.46. The fourth-order valence-electron chi connectivity index (χ4n) is 2.74. The molecular formula is C15H22ClN3O. The van der Waals surface area contributed by atoms with E-state index in [0.717, 1.165) is 32.5 Å². The second-order valence-corrected chi connectivity index (χ2v) is 5.78. The number of benzene rings is 1. The third-order valence-electron chi connectivity index (χ3n) is 3.92. The van der Waals surface area contributed by atoms with Gasteiger partial charge < -0.3 is 15.5 Å². The molecule has 1 aromatic carbocycles. The summed E-state index contributed by atoms with van der Waals surface area (Å²) in [5.74, 6) is -0.00727. The third-order valence-corrected chi connectivity index (χ3v) is 4.25. The number of carbonyl (C=O) groups excluding carboxylic acids is 1. The number of halogens is 1. The van der Waals surface area contributed by atoms with Gasteiger partial charge in [-0.15, -0.1) is 0 Å². The quantitative estimate of drug-likeness (QED) is 0.853. The SMILES string of the molecule is CCC1CN(C)CCCN1C(=O)c1cccc(Cl)c1N. The van der Waals surface area contributed by atoms with Gasteiger partial charge in [-0.1, -0.05) is 24.6 Å². The van der Waals surface area contributed by atoms with Crippen molar-refractivity contribution in [2.75, 3.05) is 32.4 Å². The van der Waals surface area contributed by atoms with Gasteiger partial charge in [-0.2, -0.15) is 0 Å². The maximum atomic E-state index is 12.8. The van der Waals surface area contributed by atoms with Crippen molar-refractivity contribution >= 4 is 23.2 Å². The normalized spacial score (nSPS) is 20.8. The Hall–Kier alpha value is -1.26. The molecule has 1 saturated heterocycles. The number of hydrogen-bond acceptors (Lipinski definition) is 3. The average molecular weight is 296 g/mol. The molecule has 0 aromatic heterocycles. The number of para-hydroxylation sites is 1. The van der Waals surface area contributed by atoms with E-state index >= 15 is 0 Å². The summed E-state index contributed by atoms with van der Waals surface area (Å²) in [6.07, 6.45) is 1.93. The molecule has 0 spiro atoms. The molecule has 1 aliphatic rings. The molecule has 0 bridgehead atoms. The van der Waals surface area contributed by atoms with E-state index in [1.165, 1.54) is 0 Å². The molecule has 110 valence electrons. The molecule has 2 N–H and O–H groups in total. The molecule has 20 heavy (non-hydrogen) atoms. The number of nitrogens with zero attached hydrogens (tertiary/aromatic N) is 2. The van der Waals surface area contributed by atoms with Gasteiger partial charge in [0.05, 0.1) is 16.3 Å². The zero-order valence-electron chi connectivity index (χ0n) is 12.1. The van der Waals surface area contributed by atoms with Gasteiger partial charge in [0, 0.05) is 19.1 Å². The summed E-state index contributed by atoms with van der Waals surface area (Å²) < 4.78 is 0. The molecular weight excluding hydrogens is 274 g/mol. The second-order valence-electron chi connectivity index (χ2n) is 5.38. The van der Waals surface area contributed by atoms with E-state index in [4.69, 9.17) is 17.3 Å². The monoisotopic (exact) mass is 295 g/mol. The van der Waals surface area contributed by atoms with E-state index in [1.54, 1.807) is 18.2 Å². The van der Waals surface area contributed by atoms with Crippen LogP contribution in [0.5, 0.6) is 0 Å². The highest BCUT2D eigenvalue weighted by Crippen LogP contribution is 2.25. The van der Waals surface area contributed by atoms with Gasteiger partial charge in [0.1, 0.15) is 0 Å². The van der Waals surface area contributed by atoms with Crippen molar-refractivity contribution in [1.82, 2.24) is 9.80 Å². The van der Waals surface area contributed by atoms with Crippen LogP contribution in [0.3, 0.4) is 0 Å². The molecule has 2 rings (SSSR count). The number of carbonyl (C=O) groups is 1. The van der Waals surface area contributed by atoms with Crippen molar-refractivity contribution in [3.63, 3.8) is 0 Å². The number of nitrogens with two attached hydrogens (primary N) is 1. The Balaban J connectivity index is 2.28. The highest BCUT2D eigenvalue weighted by molar-refractivity contribution is 6.33. The fourth-order valence-corrected chi connectivity index (χ4v) is 2.91. The number of nitrogen functional groups attached to an aromatic ring is 1. The first-order chi connectivity index (χ1) is 9.54. The molecule has 1 atom stereocenters. The third kappa shape index (κ3) is 3.07. The summed E-state index contributed by atoms with van der Waals surface area (Å²) >= 11 is 6.02. The van der Waals surface area contributed by atoms with Crippen molar-refractivity contribution in [2.24, 2.45) is 0 Å². The van der Waals surface area contributed by atoms with Gasteiger partial charge in [0.2, 0.25) is 0 Å². The van der Waals surface area contributed by atoms with Gasteiger partial charge in [-0.25, -0.2) is 0 Å². The van der Waals surface area contributed by atoms with Crippen LogP contribution in [0.4, 0.5) is 5.69 Å². The molecule has 1 heterocycles. The second kappa shape index (κ2) is 6.46. The first kappa shape index (κ1) is 15.1. The minimum absolute atomic E-state index is 0.00727. The maximum absolute atomic E-state index is 12.8. The minimum Gasteiger partial charge on any atom is -0.397 e. The predicted octanol–water partition coefficient (Wildman–Crippen LogP) is 2.48. The molecule has 0 aliphatic carbocycles. The molecule has 0 radical (unpaired) electrons. The molecule has 1 aliphatic heterocycles. The van der Waals surface area contributed by atoms with E-state index < -0.39 is 0 Å². The number of rotatable bonds is 2. The molecule has 5 heteroatoms. The highest BCUT2D eigenvalue weighted by Gasteiger charge is 2.28.